The van der Waals surface area contributed by atoms with Crippen LogP contribution in [0.5, 0.6) is 0 Å². The van der Waals surface area contributed by atoms with E-state index in [1.807, 2.05) is 0 Å². The van der Waals surface area contributed by atoms with E-state index in [0.29, 0.717) is 23.8 Å². The first kappa shape index (κ1) is 6.42. The van der Waals surface area contributed by atoms with Gasteiger partial charge in [0.05, 0.1) is 0 Å². The van der Waals surface area contributed by atoms with Gasteiger partial charge in [0.25, 0.3) is 0 Å². The van der Waals surface area contributed by atoms with Crippen molar-refractivity contribution in [3.63, 3.8) is 0 Å². The second-order valence-corrected chi connectivity index (χ2v) is 6.04. The predicted octanol–water partition coefficient (Wildman–Crippen LogP) is -2.58. The normalized spacial score (nSPS) is 9.20. The Hall–Kier alpha value is 1.42. The van der Waals surface area contributed by atoms with Crippen molar-refractivity contribution >= 4 is 18.6 Å². The summed E-state index contributed by atoms with van der Waals surface area (Å²) in [5, 5.41) is 8.09. The average Bonchev–Trinajstić information content (AvgIpc) is 1.41. The molecule has 0 unspecified atom stereocenters. The second-order valence-electron chi connectivity index (χ2n) is 0.514. The van der Waals surface area contributed by atoms with E-state index in [2.05, 4.69) is 18.6 Å². The van der Waals surface area contributed by atoms with Crippen molar-refractivity contribution in [3.05, 3.63) is 0 Å². The third-order valence-electron chi connectivity index (χ3n) is 0.156. The first-order valence-electron chi connectivity index (χ1n) is 1.23. The van der Waals surface area contributed by atoms with E-state index >= 15 is 0 Å². The zero-order chi connectivity index (χ0) is 4.12. The molecule has 0 heterocycles. The van der Waals surface area contributed by atoms with E-state index in [0.717, 1.165) is 4.43 Å². The van der Waals surface area contributed by atoms with Gasteiger partial charge in [0.1, 0.15) is 0 Å². The molecule has 1 N–H and O–H groups in total. The second kappa shape index (κ2) is 5.42. The summed E-state index contributed by atoms with van der Waals surface area (Å²) in [6.07, 6.45) is 0. The fraction of sp³-hybridized carbons (Fsp3) is 1.00. The summed E-state index contributed by atoms with van der Waals surface area (Å²) in [4.78, 5) is 0. The Kier molecular flexibility index (Phi) is 6.96. The summed E-state index contributed by atoms with van der Waals surface area (Å²) in [6, 6.07) is 0. The minimum absolute atomic E-state index is 0.327. The quantitative estimate of drug-likeness (QED) is 0.439. The molecule has 0 radical (unpaired) electrons. The van der Waals surface area contributed by atoms with Gasteiger partial charge in [0, 0.05) is 0 Å². The Labute approximate surface area is 51.6 Å². The van der Waals surface area contributed by atoms with E-state index in [1.54, 1.807) is 0 Å². The molecule has 0 spiro atoms. The van der Waals surface area contributed by atoms with Crippen LogP contribution in [0.2, 0.25) is 0 Å². The topological polar surface area (TPSA) is 20.2 Å². The Balaban J connectivity index is 2.19. The van der Waals surface area contributed by atoms with Crippen LogP contribution in [0.1, 0.15) is 0 Å². The third-order valence-corrected chi connectivity index (χ3v) is 3.78. The summed E-state index contributed by atoms with van der Waals surface area (Å²) in [6.45, 7) is 0.385. The van der Waals surface area contributed by atoms with Crippen LogP contribution in [0.25, 0.3) is 0 Å². The molecule has 34 valence electrons. The summed E-state index contributed by atoms with van der Waals surface area (Å²) in [5.41, 5.74) is 0. The van der Waals surface area contributed by atoms with Crippen molar-refractivity contribution in [2.45, 2.75) is 0 Å². The molecule has 0 aliphatic heterocycles. The van der Waals surface area contributed by atoms with Crippen molar-refractivity contribution in [2.75, 3.05) is 11.0 Å². The van der Waals surface area contributed by atoms with Crippen molar-refractivity contribution in [1.82, 2.24) is 0 Å². The van der Waals surface area contributed by atoms with Crippen LogP contribution in [-0.4, -0.2) is 16.1 Å². The number of rotatable bonds is 2. The van der Waals surface area contributed by atoms with Gasteiger partial charge < -0.3 is 0 Å². The van der Waals surface area contributed by atoms with Crippen LogP contribution in [0.15, 0.2) is 0 Å². The average molecular weight is 299 g/mol. The molecular weight excluding hydrogens is 294 g/mol. The summed E-state index contributed by atoms with van der Waals surface area (Å²) < 4.78 is 1.04. The number of halogens is 2. The van der Waals surface area contributed by atoms with Gasteiger partial charge >= 0.3 is 52.0 Å². The first-order valence-corrected chi connectivity index (χ1v) is 9.04. The molecule has 0 saturated heterocycles. The van der Waals surface area contributed by atoms with Gasteiger partial charge in [-0.3, -0.25) is 0 Å². The van der Waals surface area contributed by atoms with E-state index in [4.69, 9.17) is 5.11 Å². The van der Waals surface area contributed by atoms with Gasteiger partial charge in [-0.2, -0.15) is 0 Å². The fourth-order valence-electron chi connectivity index (χ4n) is 0.0319. The monoisotopic (exact) mass is 299 g/mol. The van der Waals surface area contributed by atoms with E-state index in [9.17, 15) is 0 Å². The molecular formula is C2H5I2O-. The molecule has 0 amide bonds. The van der Waals surface area contributed by atoms with Gasteiger partial charge in [-0.15, -0.1) is 0 Å². The zero-order valence-corrected chi connectivity index (χ0v) is 6.93. The van der Waals surface area contributed by atoms with Crippen LogP contribution >= 0.6 is 18.6 Å². The van der Waals surface area contributed by atoms with E-state index in [1.165, 1.54) is 0 Å². The Morgan fingerprint density at radius 2 is 2.40 bits per heavy atom. The third kappa shape index (κ3) is 5.42. The van der Waals surface area contributed by atoms with Gasteiger partial charge in [-0.05, 0) is 0 Å². The number of aliphatic hydroxyl groups is 1. The Morgan fingerprint density at radius 3 is 2.40 bits per heavy atom. The molecule has 0 aliphatic carbocycles. The molecule has 5 heavy (non-hydrogen) atoms. The molecule has 0 atom stereocenters. The summed E-state index contributed by atoms with van der Waals surface area (Å²) >= 11 is 2.66. The van der Waals surface area contributed by atoms with Crippen molar-refractivity contribution in [3.8, 4) is 0 Å². The van der Waals surface area contributed by atoms with Crippen molar-refractivity contribution in [1.29, 1.82) is 0 Å². The SMILES string of the molecule is OCC[I-]I. The molecule has 0 aromatic rings. The van der Waals surface area contributed by atoms with Crippen molar-refractivity contribution < 1.29 is 22.3 Å². The molecule has 0 rings (SSSR count). The van der Waals surface area contributed by atoms with Crippen LogP contribution in [-0.2, 0) is 0 Å². The van der Waals surface area contributed by atoms with Crippen LogP contribution in [0.4, 0.5) is 0 Å². The zero-order valence-electron chi connectivity index (χ0n) is 2.62. The van der Waals surface area contributed by atoms with Crippen LogP contribution in [0, 0.1) is 0 Å². The number of hydrogen-bond donors (Lipinski definition) is 1. The number of aliphatic hydroxyl groups excluding tert-OH is 1. The Morgan fingerprint density at radius 1 is 1.80 bits per heavy atom. The predicted molar refractivity (Wildman–Crippen MR) is 26.0 cm³/mol. The molecule has 0 bridgehead atoms. The maximum absolute atomic E-state index is 8.09. The van der Waals surface area contributed by atoms with Gasteiger partial charge in [0.2, 0.25) is 0 Å². The molecule has 0 aromatic heterocycles. The van der Waals surface area contributed by atoms with Crippen molar-refractivity contribution in [2.24, 2.45) is 0 Å². The standard InChI is InChI=1S/C2H5I2O/c3-4-1-2-5/h5H,1-2H2/q-1. The summed E-state index contributed by atoms with van der Waals surface area (Å²) in [5.74, 6) is 0. The summed E-state index contributed by atoms with van der Waals surface area (Å²) in [7, 11) is 0. The van der Waals surface area contributed by atoms with E-state index in [-0.39, 0.29) is 0 Å². The van der Waals surface area contributed by atoms with Gasteiger partial charge in [-0.25, -0.2) is 0 Å². The molecule has 0 saturated carbocycles. The molecule has 3 heteroatoms. The fourth-order valence-corrected chi connectivity index (χ4v) is 1.44. The van der Waals surface area contributed by atoms with Gasteiger partial charge in [0.15, 0.2) is 0 Å². The maximum atomic E-state index is 8.09. The minimum atomic E-state index is 0.327. The van der Waals surface area contributed by atoms with Gasteiger partial charge in [-0.1, -0.05) is 0 Å². The number of hydrogen-bond acceptors (Lipinski definition) is 1. The van der Waals surface area contributed by atoms with E-state index < -0.39 is 0 Å². The van der Waals surface area contributed by atoms with Crippen LogP contribution < -0.4 is 17.2 Å². The van der Waals surface area contributed by atoms with Crippen LogP contribution in [0.3, 0.4) is 0 Å². The molecule has 0 aromatic carbocycles. The molecule has 1 nitrogen and oxygen atoms in total. The molecule has 0 fully saturated rings. The first-order chi connectivity index (χ1) is 2.41. The molecule has 0 aliphatic rings. The Bertz CT molecular complexity index is 15.1. The number of alkyl halides is 1.